The van der Waals surface area contributed by atoms with Crippen LogP contribution in [-0.2, 0) is 16.9 Å². The van der Waals surface area contributed by atoms with Gasteiger partial charge in [-0.25, -0.2) is 4.39 Å². The van der Waals surface area contributed by atoms with Crippen LogP contribution in [0, 0.1) is 19.7 Å². The predicted molar refractivity (Wildman–Crippen MR) is 113 cm³/mol. The summed E-state index contributed by atoms with van der Waals surface area (Å²) in [6.45, 7) is 3.91. The first-order valence-corrected chi connectivity index (χ1v) is 9.78. The molecule has 1 unspecified atom stereocenters. The Balaban J connectivity index is 1.69. The molecule has 5 heteroatoms. The van der Waals surface area contributed by atoms with Crippen molar-refractivity contribution in [3.05, 3.63) is 100 Å². The van der Waals surface area contributed by atoms with Crippen molar-refractivity contribution < 1.29 is 19.1 Å². The molecule has 0 fully saturated rings. The Morgan fingerprint density at radius 2 is 1.73 bits per heavy atom. The minimum Gasteiger partial charge on any atom is -0.375 e. The van der Waals surface area contributed by atoms with Crippen molar-refractivity contribution in [1.29, 1.82) is 0 Å². The van der Waals surface area contributed by atoms with Gasteiger partial charge < -0.3 is 10.0 Å². The van der Waals surface area contributed by atoms with Gasteiger partial charge in [0.1, 0.15) is 5.82 Å². The SMILES string of the molecule is Cc1ccc(C)c(C(=O)CC2(O)C(=O)N(Cc3ccc(F)cc3)c3ccccc32)c1. The van der Waals surface area contributed by atoms with Crippen LogP contribution in [-0.4, -0.2) is 16.8 Å². The maximum Gasteiger partial charge on any atom is 0.264 e. The number of ketones is 1. The topological polar surface area (TPSA) is 57.6 Å². The second-order valence-corrected chi connectivity index (χ2v) is 7.81. The zero-order chi connectivity index (χ0) is 21.5. The summed E-state index contributed by atoms with van der Waals surface area (Å²) in [7, 11) is 0. The summed E-state index contributed by atoms with van der Waals surface area (Å²) in [5, 5.41) is 11.4. The number of hydrogen-bond acceptors (Lipinski definition) is 3. The molecule has 0 saturated heterocycles. The zero-order valence-corrected chi connectivity index (χ0v) is 16.9. The van der Waals surface area contributed by atoms with E-state index >= 15 is 0 Å². The van der Waals surface area contributed by atoms with E-state index in [4.69, 9.17) is 0 Å². The van der Waals surface area contributed by atoms with Gasteiger partial charge in [0.15, 0.2) is 11.4 Å². The van der Waals surface area contributed by atoms with Crippen LogP contribution in [0.25, 0.3) is 0 Å². The van der Waals surface area contributed by atoms with E-state index in [1.54, 1.807) is 42.5 Å². The van der Waals surface area contributed by atoms with E-state index in [1.807, 2.05) is 26.0 Å². The van der Waals surface area contributed by atoms with Gasteiger partial charge in [0.05, 0.1) is 18.7 Å². The molecule has 152 valence electrons. The molecule has 1 atom stereocenters. The van der Waals surface area contributed by atoms with Crippen LogP contribution in [0.1, 0.15) is 39.0 Å². The number of rotatable bonds is 5. The summed E-state index contributed by atoms with van der Waals surface area (Å²) in [5.74, 6) is -1.19. The highest BCUT2D eigenvalue weighted by molar-refractivity contribution is 6.11. The summed E-state index contributed by atoms with van der Waals surface area (Å²) in [6.07, 6.45) is -0.340. The lowest BCUT2D eigenvalue weighted by Crippen LogP contribution is -2.41. The van der Waals surface area contributed by atoms with E-state index in [9.17, 15) is 19.1 Å². The standard InChI is InChI=1S/C25H22FNO3/c1-16-7-8-17(2)20(13-16)23(28)14-25(30)21-5-3-4-6-22(21)27(24(25)29)15-18-9-11-19(26)12-10-18/h3-13,30H,14-15H2,1-2H3. The number of fused-ring (bicyclic) bond motifs is 1. The summed E-state index contributed by atoms with van der Waals surface area (Å²) in [6, 6.07) is 18.4. The smallest absolute Gasteiger partial charge is 0.264 e. The maximum absolute atomic E-state index is 13.3. The van der Waals surface area contributed by atoms with Gasteiger partial charge in [-0.2, -0.15) is 0 Å². The van der Waals surface area contributed by atoms with E-state index in [0.29, 0.717) is 16.8 Å². The van der Waals surface area contributed by atoms with Crippen molar-refractivity contribution in [2.24, 2.45) is 0 Å². The highest BCUT2D eigenvalue weighted by Gasteiger charge is 2.50. The van der Waals surface area contributed by atoms with E-state index < -0.39 is 11.5 Å². The van der Waals surface area contributed by atoms with Crippen LogP contribution in [0.5, 0.6) is 0 Å². The largest absolute Gasteiger partial charge is 0.375 e. The van der Waals surface area contributed by atoms with Gasteiger partial charge in [-0.05, 0) is 49.2 Å². The molecule has 4 rings (SSSR count). The first-order valence-electron chi connectivity index (χ1n) is 9.78. The minimum absolute atomic E-state index is 0.177. The molecule has 0 radical (unpaired) electrons. The average Bonchev–Trinajstić information content (AvgIpc) is 2.93. The van der Waals surface area contributed by atoms with Gasteiger partial charge in [0.25, 0.3) is 5.91 Å². The van der Waals surface area contributed by atoms with Crippen LogP contribution in [0.3, 0.4) is 0 Å². The lowest BCUT2D eigenvalue weighted by molar-refractivity contribution is -0.136. The zero-order valence-electron chi connectivity index (χ0n) is 16.9. The second kappa shape index (κ2) is 7.50. The molecule has 1 N–H and O–H groups in total. The molecular formula is C25H22FNO3. The normalized spacial score (nSPS) is 17.9. The Labute approximate surface area is 174 Å². The Kier molecular flexibility index (Phi) is 5.00. The van der Waals surface area contributed by atoms with Crippen LogP contribution in [0.15, 0.2) is 66.7 Å². The monoisotopic (exact) mass is 403 g/mol. The third-order valence-electron chi connectivity index (χ3n) is 5.60. The van der Waals surface area contributed by atoms with Crippen molar-refractivity contribution in [2.75, 3.05) is 4.90 Å². The average molecular weight is 403 g/mol. The fourth-order valence-corrected chi connectivity index (χ4v) is 3.97. The van der Waals surface area contributed by atoms with Gasteiger partial charge in [-0.3, -0.25) is 9.59 Å². The number of halogens is 1. The Morgan fingerprint density at radius 3 is 2.47 bits per heavy atom. The number of benzene rings is 3. The van der Waals surface area contributed by atoms with Crippen molar-refractivity contribution >= 4 is 17.4 Å². The van der Waals surface area contributed by atoms with Gasteiger partial charge in [0.2, 0.25) is 0 Å². The Bertz CT molecular complexity index is 1140. The first kappa shape index (κ1) is 20.0. The van der Waals surface area contributed by atoms with Crippen LogP contribution < -0.4 is 4.90 Å². The number of aliphatic hydroxyl groups is 1. The predicted octanol–water partition coefficient (Wildman–Crippen LogP) is 4.45. The second-order valence-electron chi connectivity index (χ2n) is 7.81. The van der Waals surface area contributed by atoms with Gasteiger partial charge in [0, 0.05) is 11.1 Å². The van der Waals surface area contributed by atoms with E-state index in [1.165, 1.54) is 17.0 Å². The Morgan fingerprint density at radius 1 is 1.03 bits per heavy atom. The van der Waals surface area contributed by atoms with Crippen molar-refractivity contribution in [1.82, 2.24) is 0 Å². The first-order chi connectivity index (χ1) is 14.3. The van der Waals surface area contributed by atoms with Crippen LogP contribution in [0.2, 0.25) is 0 Å². The van der Waals surface area contributed by atoms with Gasteiger partial charge in [-0.1, -0.05) is 48.0 Å². The third-order valence-corrected chi connectivity index (χ3v) is 5.60. The fraction of sp³-hybridized carbons (Fsp3) is 0.200. The minimum atomic E-state index is -1.94. The molecule has 1 heterocycles. The number of Topliss-reactive ketones (excluding diaryl/α,β-unsaturated/α-hetero) is 1. The summed E-state index contributed by atoms with van der Waals surface area (Å²) in [4.78, 5) is 27.8. The van der Waals surface area contributed by atoms with E-state index in [0.717, 1.165) is 16.7 Å². The molecule has 1 amide bonds. The molecule has 30 heavy (non-hydrogen) atoms. The van der Waals surface area contributed by atoms with Crippen LogP contribution >= 0.6 is 0 Å². The molecule has 0 spiro atoms. The van der Waals surface area contributed by atoms with Gasteiger partial charge >= 0.3 is 0 Å². The quantitative estimate of drug-likeness (QED) is 0.641. The molecule has 4 nitrogen and oxygen atoms in total. The number of carbonyl (C=O) groups is 2. The van der Waals surface area contributed by atoms with Gasteiger partial charge in [-0.15, -0.1) is 0 Å². The molecule has 0 saturated carbocycles. The lowest BCUT2D eigenvalue weighted by atomic mass is 9.87. The fourth-order valence-electron chi connectivity index (χ4n) is 3.97. The number of para-hydroxylation sites is 1. The maximum atomic E-state index is 13.3. The lowest BCUT2D eigenvalue weighted by Gasteiger charge is -2.23. The number of anilines is 1. The summed E-state index contributed by atoms with van der Waals surface area (Å²) >= 11 is 0. The molecule has 3 aromatic rings. The van der Waals surface area contributed by atoms with E-state index in [-0.39, 0.29) is 24.6 Å². The van der Waals surface area contributed by atoms with Crippen molar-refractivity contribution in [3.8, 4) is 0 Å². The number of aryl methyl sites for hydroxylation is 2. The molecule has 1 aliphatic rings. The molecular weight excluding hydrogens is 381 g/mol. The van der Waals surface area contributed by atoms with Crippen molar-refractivity contribution in [2.45, 2.75) is 32.4 Å². The van der Waals surface area contributed by atoms with E-state index in [2.05, 4.69) is 0 Å². The number of nitrogens with zero attached hydrogens (tertiary/aromatic N) is 1. The molecule has 3 aromatic carbocycles. The molecule has 0 bridgehead atoms. The highest BCUT2D eigenvalue weighted by atomic mass is 19.1. The number of carbonyl (C=O) groups excluding carboxylic acids is 2. The number of amides is 1. The Hall–Kier alpha value is -3.31. The third kappa shape index (κ3) is 3.42. The number of hydrogen-bond donors (Lipinski definition) is 1. The summed E-state index contributed by atoms with van der Waals surface area (Å²) in [5.41, 5.74) is 2.00. The molecule has 0 aliphatic carbocycles. The van der Waals surface area contributed by atoms with Crippen molar-refractivity contribution in [3.63, 3.8) is 0 Å². The molecule has 0 aromatic heterocycles. The summed E-state index contributed by atoms with van der Waals surface area (Å²) < 4.78 is 13.2. The molecule has 1 aliphatic heterocycles. The van der Waals surface area contributed by atoms with Crippen LogP contribution in [0.4, 0.5) is 10.1 Å². The highest BCUT2D eigenvalue weighted by Crippen LogP contribution is 2.43.